The molecule has 0 aliphatic carbocycles. The third-order valence-corrected chi connectivity index (χ3v) is 4.80. The van der Waals surface area contributed by atoms with E-state index >= 15 is 0 Å². The lowest BCUT2D eigenvalue weighted by Crippen LogP contribution is -2.37. The number of furan rings is 1. The quantitative estimate of drug-likeness (QED) is 0.519. The van der Waals surface area contributed by atoms with Gasteiger partial charge in [-0.2, -0.15) is 0 Å². The van der Waals surface area contributed by atoms with Crippen LogP contribution in [-0.4, -0.2) is 48.2 Å². The van der Waals surface area contributed by atoms with E-state index < -0.39 is 0 Å². The van der Waals surface area contributed by atoms with Gasteiger partial charge < -0.3 is 19.5 Å². The summed E-state index contributed by atoms with van der Waals surface area (Å²) in [6, 6.07) is 10.1. The minimum absolute atomic E-state index is 0. The van der Waals surface area contributed by atoms with Crippen molar-refractivity contribution in [2.75, 3.05) is 32.8 Å². The summed E-state index contributed by atoms with van der Waals surface area (Å²) >= 11 is 0. The number of amidine groups is 1. The molecule has 4 rings (SSSR count). The molecule has 0 unspecified atom stereocenters. The van der Waals surface area contributed by atoms with Crippen molar-refractivity contribution in [3.8, 4) is 0 Å². The number of nitrogens with zero attached hydrogens (tertiary/aromatic N) is 3. The zero-order valence-corrected chi connectivity index (χ0v) is 16.0. The van der Waals surface area contributed by atoms with Crippen LogP contribution in [0.25, 0.3) is 10.9 Å². The van der Waals surface area contributed by atoms with Crippen molar-refractivity contribution in [2.45, 2.75) is 13.0 Å². The minimum Gasteiger partial charge on any atom is -0.472 e. The van der Waals surface area contributed by atoms with E-state index in [0.717, 1.165) is 57.1 Å². The van der Waals surface area contributed by atoms with Crippen LogP contribution < -0.4 is 5.73 Å². The fraction of sp³-hybridized carbons (Fsp3) is 0.350. The summed E-state index contributed by atoms with van der Waals surface area (Å²) in [6.07, 6.45) is 6.47. The largest absolute Gasteiger partial charge is 0.472 e. The highest BCUT2D eigenvalue weighted by molar-refractivity contribution is 5.99. The number of nitrogens with two attached hydrogens (primary N) is 1. The number of hydrogen-bond donors (Lipinski definition) is 1. The van der Waals surface area contributed by atoms with Crippen LogP contribution in [-0.2, 0) is 11.3 Å². The molecule has 1 aromatic carbocycles. The topological polar surface area (TPSA) is 68.9 Å². The Morgan fingerprint density at radius 3 is 2.74 bits per heavy atom. The maximum Gasteiger partial charge on any atom is 0.134 e. The Kier molecular flexibility index (Phi) is 6.55. The van der Waals surface area contributed by atoms with Gasteiger partial charge in [0, 0.05) is 32.4 Å². The number of rotatable bonds is 6. The number of hydrogen-bond acceptors (Lipinski definition) is 4. The lowest BCUT2D eigenvalue weighted by Gasteiger charge is -2.26. The Labute approximate surface area is 165 Å². The maximum absolute atomic E-state index is 6.06. The summed E-state index contributed by atoms with van der Waals surface area (Å²) in [6.45, 7) is 5.88. The summed E-state index contributed by atoms with van der Waals surface area (Å²) in [5.74, 6) is 0.462. The molecule has 7 heteroatoms. The van der Waals surface area contributed by atoms with Crippen molar-refractivity contribution in [1.29, 1.82) is 0 Å². The highest BCUT2D eigenvalue weighted by Crippen LogP contribution is 2.23. The Hall–Kier alpha value is -2.28. The van der Waals surface area contributed by atoms with Gasteiger partial charge in [0.15, 0.2) is 0 Å². The van der Waals surface area contributed by atoms with E-state index in [0.29, 0.717) is 5.84 Å². The molecule has 1 aliphatic heterocycles. The first kappa shape index (κ1) is 19.5. The molecule has 1 fully saturated rings. The van der Waals surface area contributed by atoms with Gasteiger partial charge in [0.2, 0.25) is 0 Å². The van der Waals surface area contributed by atoms with E-state index in [4.69, 9.17) is 14.9 Å². The molecule has 1 saturated heterocycles. The van der Waals surface area contributed by atoms with Gasteiger partial charge >= 0.3 is 0 Å². The predicted octanol–water partition coefficient (Wildman–Crippen LogP) is 3.42. The highest BCUT2D eigenvalue weighted by atomic mass is 35.5. The second-order valence-corrected chi connectivity index (χ2v) is 6.57. The molecule has 3 aromatic rings. The zero-order chi connectivity index (χ0) is 17.8. The van der Waals surface area contributed by atoms with E-state index in [1.54, 1.807) is 12.5 Å². The standard InChI is InChI=1S/C20H24N4O2.ClH/c21-20(17-5-11-26-15-17)22-18-3-2-16-4-8-24(19(16)14-18)7-1-6-23-9-12-25-13-10-23;/h2-5,8,11,14-15H,1,6-7,9-10,12-13H2,(H2,21,22);1H. The molecule has 144 valence electrons. The molecular formula is C20H25ClN4O2. The molecule has 0 bridgehead atoms. The number of aromatic nitrogens is 1. The smallest absolute Gasteiger partial charge is 0.134 e. The molecule has 1 aliphatic rings. The highest BCUT2D eigenvalue weighted by Gasteiger charge is 2.10. The van der Waals surface area contributed by atoms with Gasteiger partial charge in [0.05, 0.1) is 36.2 Å². The number of benzene rings is 1. The van der Waals surface area contributed by atoms with Crippen molar-refractivity contribution in [3.05, 3.63) is 54.6 Å². The van der Waals surface area contributed by atoms with Crippen LogP contribution in [0.4, 0.5) is 5.69 Å². The summed E-state index contributed by atoms with van der Waals surface area (Å²) in [4.78, 5) is 6.99. The zero-order valence-electron chi connectivity index (χ0n) is 15.2. The first-order chi connectivity index (χ1) is 12.8. The lowest BCUT2D eigenvalue weighted by atomic mass is 10.2. The molecule has 0 radical (unpaired) electrons. The summed E-state index contributed by atoms with van der Waals surface area (Å²) < 4.78 is 12.8. The summed E-state index contributed by atoms with van der Waals surface area (Å²) in [5, 5.41) is 1.22. The Bertz CT molecular complexity index is 883. The molecular weight excluding hydrogens is 364 g/mol. The number of aryl methyl sites for hydroxylation is 1. The van der Waals surface area contributed by atoms with Gasteiger partial charge in [-0.1, -0.05) is 6.07 Å². The first-order valence-corrected chi connectivity index (χ1v) is 9.05. The normalized spacial score (nSPS) is 15.8. The van der Waals surface area contributed by atoms with Gasteiger partial charge in [-0.15, -0.1) is 12.4 Å². The SMILES string of the molecule is Cl.NC(=Nc1ccc2ccn(CCCN3CCOCC3)c2c1)c1ccoc1. The van der Waals surface area contributed by atoms with Gasteiger partial charge in [-0.05, 0) is 36.1 Å². The van der Waals surface area contributed by atoms with Crippen molar-refractivity contribution in [3.63, 3.8) is 0 Å². The fourth-order valence-corrected chi connectivity index (χ4v) is 3.34. The Balaban J connectivity index is 0.00000210. The second-order valence-electron chi connectivity index (χ2n) is 6.57. The third kappa shape index (κ3) is 4.71. The van der Waals surface area contributed by atoms with Crippen LogP contribution in [0.3, 0.4) is 0 Å². The number of fused-ring (bicyclic) bond motifs is 1. The molecule has 0 atom stereocenters. The summed E-state index contributed by atoms with van der Waals surface area (Å²) in [7, 11) is 0. The molecule has 2 aromatic heterocycles. The van der Waals surface area contributed by atoms with Crippen molar-refractivity contribution < 1.29 is 9.15 Å². The van der Waals surface area contributed by atoms with Crippen LogP contribution >= 0.6 is 12.4 Å². The van der Waals surface area contributed by atoms with Gasteiger partial charge in [0.25, 0.3) is 0 Å². The van der Waals surface area contributed by atoms with Gasteiger partial charge in [-0.3, -0.25) is 4.90 Å². The number of morpholine rings is 1. The van der Waals surface area contributed by atoms with E-state index in [1.165, 1.54) is 10.9 Å². The Morgan fingerprint density at radius 1 is 1.11 bits per heavy atom. The first-order valence-electron chi connectivity index (χ1n) is 9.05. The van der Waals surface area contributed by atoms with E-state index in [-0.39, 0.29) is 12.4 Å². The van der Waals surface area contributed by atoms with E-state index in [2.05, 4.69) is 38.9 Å². The maximum atomic E-state index is 6.06. The average Bonchev–Trinajstić information content (AvgIpc) is 3.33. The number of aliphatic imine (C=N–C) groups is 1. The molecule has 0 spiro atoms. The molecule has 0 saturated carbocycles. The summed E-state index contributed by atoms with van der Waals surface area (Å²) in [5.41, 5.74) is 8.90. The molecule has 27 heavy (non-hydrogen) atoms. The fourth-order valence-electron chi connectivity index (χ4n) is 3.34. The Morgan fingerprint density at radius 2 is 1.96 bits per heavy atom. The van der Waals surface area contributed by atoms with Crippen molar-refractivity contribution in [2.24, 2.45) is 10.7 Å². The minimum atomic E-state index is 0. The number of halogens is 1. The monoisotopic (exact) mass is 388 g/mol. The van der Waals surface area contributed by atoms with Crippen LogP contribution in [0.5, 0.6) is 0 Å². The van der Waals surface area contributed by atoms with E-state index in [1.807, 2.05) is 12.1 Å². The molecule has 3 heterocycles. The van der Waals surface area contributed by atoms with Crippen molar-refractivity contribution >= 4 is 34.8 Å². The molecule has 0 amide bonds. The number of ether oxygens (including phenoxy) is 1. The van der Waals surface area contributed by atoms with Crippen LogP contribution in [0.2, 0.25) is 0 Å². The second kappa shape index (κ2) is 9.08. The molecule has 2 N–H and O–H groups in total. The van der Waals surface area contributed by atoms with E-state index in [9.17, 15) is 0 Å². The van der Waals surface area contributed by atoms with Gasteiger partial charge in [-0.25, -0.2) is 4.99 Å². The van der Waals surface area contributed by atoms with Crippen LogP contribution in [0.1, 0.15) is 12.0 Å². The van der Waals surface area contributed by atoms with Crippen molar-refractivity contribution in [1.82, 2.24) is 9.47 Å². The predicted molar refractivity (Wildman–Crippen MR) is 110 cm³/mol. The third-order valence-electron chi connectivity index (χ3n) is 4.80. The van der Waals surface area contributed by atoms with Gasteiger partial charge in [0.1, 0.15) is 12.1 Å². The molecule has 6 nitrogen and oxygen atoms in total. The van der Waals surface area contributed by atoms with Crippen LogP contribution in [0, 0.1) is 0 Å². The average molecular weight is 389 g/mol. The lowest BCUT2D eigenvalue weighted by molar-refractivity contribution is 0.0370. The van der Waals surface area contributed by atoms with Crippen LogP contribution in [0.15, 0.2) is 58.5 Å².